The van der Waals surface area contributed by atoms with E-state index in [1.165, 1.54) is 11.3 Å². The third kappa shape index (κ3) is 6.19. The van der Waals surface area contributed by atoms with E-state index in [0.29, 0.717) is 17.1 Å². The van der Waals surface area contributed by atoms with E-state index in [9.17, 15) is 9.59 Å². The minimum Gasteiger partial charge on any atom is -0.497 e. The van der Waals surface area contributed by atoms with Crippen molar-refractivity contribution in [1.29, 1.82) is 0 Å². The number of hydrogen-bond acceptors (Lipinski definition) is 6. The van der Waals surface area contributed by atoms with Gasteiger partial charge in [0.15, 0.2) is 0 Å². The van der Waals surface area contributed by atoms with Gasteiger partial charge in [-0.3, -0.25) is 14.6 Å². The van der Waals surface area contributed by atoms with Crippen molar-refractivity contribution in [3.8, 4) is 11.5 Å². The molecule has 0 unspecified atom stereocenters. The first kappa shape index (κ1) is 24.7. The van der Waals surface area contributed by atoms with Gasteiger partial charge < -0.3 is 19.7 Å². The summed E-state index contributed by atoms with van der Waals surface area (Å²) >= 11 is 1.53. The summed E-state index contributed by atoms with van der Waals surface area (Å²) in [7, 11) is 3.14. The summed E-state index contributed by atoms with van der Waals surface area (Å²) in [6.45, 7) is 0.237. The number of amides is 2. The van der Waals surface area contributed by atoms with Crippen molar-refractivity contribution in [1.82, 2.24) is 15.2 Å². The molecule has 0 bridgehead atoms. The molecule has 0 aliphatic heterocycles. The lowest BCUT2D eigenvalue weighted by Gasteiger charge is -2.33. The summed E-state index contributed by atoms with van der Waals surface area (Å²) in [6.07, 6.45) is 7.69. The Balaban J connectivity index is 1.77. The topological polar surface area (TPSA) is 80.8 Å². The molecular weight excluding hydrogens is 462 g/mol. The van der Waals surface area contributed by atoms with Crippen molar-refractivity contribution < 1.29 is 19.1 Å². The van der Waals surface area contributed by atoms with Crippen LogP contribution in [0.5, 0.6) is 11.5 Å². The Bertz CT molecular complexity index is 1110. The minimum absolute atomic E-state index is 0.106. The van der Waals surface area contributed by atoms with Crippen LogP contribution in [-0.2, 0) is 22.6 Å². The maximum absolute atomic E-state index is 13.9. The van der Waals surface area contributed by atoms with Crippen molar-refractivity contribution in [2.24, 2.45) is 0 Å². The van der Waals surface area contributed by atoms with E-state index in [1.807, 2.05) is 29.6 Å². The molecule has 1 N–H and O–H groups in total. The molecule has 2 aromatic heterocycles. The molecule has 2 amide bonds. The van der Waals surface area contributed by atoms with E-state index in [-0.39, 0.29) is 30.8 Å². The van der Waals surface area contributed by atoms with Gasteiger partial charge in [0.1, 0.15) is 17.5 Å². The van der Waals surface area contributed by atoms with Crippen LogP contribution in [0.15, 0.2) is 60.2 Å². The molecule has 4 rings (SSSR count). The molecule has 8 heteroatoms. The van der Waals surface area contributed by atoms with Crippen LogP contribution in [0, 0.1) is 0 Å². The Morgan fingerprint density at radius 3 is 2.63 bits per heavy atom. The van der Waals surface area contributed by atoms with Gasteiger partial charge in [-0.1, -0.05) is 25.0 Å². The lowest BCUT2D eigenvalue weighted by Crippen LogP contribution is -2.46. The molecule has 1 fully saturated rings. The number of methoxy groups -OCH3 is 2. The average Bonchev–Trinajstić information content (AvgIpc) is 3.58. The number of aromatic nitrogens is 1. The maximum atomic E-state index is 13.9. The summed E-state index contributed by atoms with van der Waals surface area (Å²) < 4.78 is 11.1. The molecule has 0 radical (unpaired) electrons. The van der Waals surface area contributed by atoms with Crippen LogP contribution in [0.2, 0.25) is 0 Å². The van der Waals surface area contributed by atoms with E-state index >= 15 is 0 Å². The molecule has 3 aromatic rings. The highest BCUT2D eigenvalue weighted by atomic mass is 32.1. The summed E-state index contributed by atoms with van der Waals surface area (Å²) in [6, 6.07) is 12.2. The SMILES string of the molecule is COc1ccc(OC)c([C@H](C(=O)NC2CCCC2)N(Cc2cccnc2)C(=O)Cc2cccs2)c1. The van der Waals surface area contributed by atoms with Crippen molar-refractivity contribution in [3.63, 3.8) is 0 Å². The number of carbonyl (C=O) groups excluding carboxylic acids is 2. The second kappa shape index (κ2) is 11.8. The molecule has 2 heterocycles. The van der Waals surface area contributed by atoms with Crippen LogP contribution in [0.4, 0.5) is 0 Å². The largest absolute Gasteiger partial charge is 0.497 e. The maximum Gasteiger partial charge on any atom is 0.247 e. The average molecular weight is 494 g/mol. The van der Waals surface area contributed by atoms with Crippen LogP contribution in [-0.4, -0.2) is 42.0 Å². The van der Waals surface area contributed by atoms with E-state index < -0.39 is 6.04 Å². The highest BCUT2D eigenvalue weighted by Gasteiger charge is 2.35. The van der Waals surface area contributed by atoms with Crippen LogP contribution in [0.3, 0.4) is 0 Å². The fraction of sp³-hybridized carbons (Fsp3) is 0.370. The molecule has 0 saturated heterocycles. The van der Waals surface area contributed by atoms with E-state index in [1.54, 1.807) is 49.7 Å². The fourth-order valence-electron chi connectivity index (χ4n) is 4.53. The Kier molecular flexibility index (Phi) is 8.36. The highest BCUT2D eigenvalue weighted by Crippen LogP contribution is 2.35. The molecule has 184 valence electrons. The molecule has 0 spiro atoms. The third-order valence-electron chi connectivity index (χ3n) is 6.29. The number of benzene rings is 1. The first-order chi connectivity index (χ1) is 17.1. The molecule has 1 atom stereocenters. The van der Waals surface area contributed by atoms with E-state index in [4.69, 9.17) is 9.47 Å². The standard InChI is InChI=1S/C27H31N3O4S/c1-33-21-11-12-24(34-2)23(15-21)26(27(32)29-20-8-3-4-9-20)30(18-19-7-5-13-28-17-19)25(31)16-22-10-6-14-35-22/h5-7,10-15,17,20,26H,3-4,8-9,16,18H2,1-2H3,(H,29,32)/t26-/m1/s1. The van der Waals surface area contributed by atoms with Gasteiger partial charge in [0.2, 0.25) is 11.8 Å². The number of pyridine rings is 1. The Labute approximate surface area is 210 Å². The number of thiophene rings is 1. The van der Waals surface area contributed by atoms with Crippen molar-refractivity contribution >= 4 is 23.2 Å². The van der Waals surface area contributed by atoms with Crippen LogP contribution >= 0.6 is 11.3 Å². The molecule has 1 aliphatic rings. The smallest absolute Gasteiger partial charge is 0.247 e. The molecular formula is C27H31N3O4S. The van der Waals surface area contributed by atoms with E-state index in [0.717, 1.165) is 36.1 Å². The van der Waals surface area contributed by atoms with Gasteiger partial charge >= 0.3 is 0 Å². The number of ether oxygens (including phenoxy) is 2. The quantitative estimate of drug-likeness (QED) is 0.449. The van der Waals surface area contributed by atoms with Gasteiger partial charge in [0.05, 0.1) is 20.6 Å². The van der Waals surface area contributed by atoms with Crippen molar-refractivity contribution in [2.75, 3.05) is 14.2 Å². The number of nitrogens with zero attached hydrogens (tertiary/aromatic N) is 2. The monoisotopic (exact) mass is 493 g/mol. The zero-order valence-electron chi connectivity index (χ0n) is 20.1. The van der Waals surface area contributed by atoms with Gasteiger partial charge in [-0.25, -0.2) is 0 Å². The van der Waals surface area contributed by atoms with Gasteiger partial charge in [-0.2, -0.15) is 0 Å². The first-order valence-corrected chi connectivity index (χ1v) is 12.7. The second-order valence-corrected chi connectivity index (χ2v) is 9.67. The lowest BCUT2D eigenvalue weighted by molar-refractivity contribution is -0.141. The Morgan fingerprint density at radius 1 is 1.14 bits per heavy atom. The van der Waals surface area contributed by atoms with Gasteiger partial charge in [-0.05, 0) is 54.1 Å². The lowest BCUT2D eigenvalue weighted by atomic mass is 10.00. The van der Waals surface area contributed by atoms with Gasteiger partial charge in [-0.15, -0.1) is 11.3 Å². The normalized spacial score (nSPS) is 14.3. The number of rotatable bonds is 10. The summed E-state index contributed by atoms with van der Waals surface area (Å²) in [5.74, 6) is 0.753. The molecule has 1 saturated carbocycles. The van der Waals surface area contributed by atoms with Crippen LogP contribution < -0.4 is 14.8 Å². The highest BCUT2D eigenvalue weighted by molar-refractivity contribution is 7.10. The summed E-state index contributed by atoms with van der Waals surface area (Å²) in [5, 5.41) is 5.15. The van der Waals surface area contributed by atoms with Crippen LogP contribution in [0.1, 0.15) is 47.7 Å². The molecule has 35 heavy (non-hydrogen) atoms. The first-order valence-electron chi connectivity index (χ1n) is 11.8. The minimum atomic E-state index is -0.895. The van der Waals surface area contributed by atoms with Gasteiger partial charge in [0.25, 0.3) is 0 Å². The molecule has 1 aliphatic carbocycles. The number of carbonyl (C=O) groups is 2. The second-order valence-electron chi connectivity index (χ2n) is 8.64. The Hall–Kier alpha value is -3.39. The van der Waals surface area contributed by atoms with E-state index in [2.05, 4.69) is 10.3 Å². The fourth-order valence-corrected chi connectivity index (χ4v) is 5.23. The Morgan fingerprint density at radius 2 is 1.97 bits per heavy atom. The molecule has 1 aromatic carbocycles. The van der Waals surface area contributed by atoms with Crippen LogP contribution in [0.25, 0.3) is 0 Å². The summed E-state index contributed by atoms with van der Waals surface area (Å²) in [5.41, 5.74) is 1.43. The van der Waals surface area contributed by atoms with Gasteiger partial charge in [0, 0.05) is 35.4 Å². The zero-order chi connectivity index (χ0) is 24.6. The summed E-state index contributed by atoms with van der Waals surface area (Å²) in [4.78, 5) is 34.5. The zero-order valence-corrected chi connectivity index (χ0v) is 20.9. The predicted molar refractivity (Wildman–Crippen MR) is 135 cm³/mol. The predicted octanol–water partition coefficient (Wildman–Crippen LogP) is 4.53. The third-order valence-corrected chi connectivity index (χ3v) is 7.17. The number of hydrogen-bond donors (Lipinski definition) is 1. The van der Waals surface area contributed by atoms with Crippen molar-refractivity contribution in [3.05, 3.63) is 76.2 Å². The number of nitrogens with one attached hydrogen (secondary N) is 1. The van der Waals surface area contributed by atoms with Crippen molar-refractivity contribution in [2.45, 2.75) is 50.7 Å². The molecule has 7 nitrogen and oxygen atoms in total.